The molecule has 0 N–H and O–H groups in total. The molecular formula is C14H26O4Si. The third-order valence-corrected chi connectivity index (χ3v) is 10.5. The van der Waals surface area contributed by atoms with Gasteiger partial charge in [-0.25, -0.2) is 0 Å². The van der Waals surface area contributed by atoms with Gasteiger partial charge >= 0.3 is 5.97 Å². The fourth-order valence-electron chi connectivity index (χ4n) is 3.38. The number of rotatable bonds is 4. The summed E-state index contributed by atoms with van der Waals surface area (Å²) in [6.45, 7) is 11.7. The Labute approximate surface area is 117 Å². The van der Waals surface area contributed by atoms with E-state index in [0.29, 0.717) is 6.42 Å². The maximum absolute atomic E-state index is 12.2. The minimum atomic E-state index is -2.39. The molecule has 4 nitrogen and oxygen atoms in total. The largest absolute Gasteiger partial charge is 0.469 e. The highest BCUT2D eigenvalue weighted by Crippen LogP contribution is 2.54. The highest BCUT2D eigenvalue weighted by Gasteiger charge is 2.63. The van der Waals surface area contributed by atoms with Gasteiger partial charge in [0.15, 0.2) is 5.78 Å². The lowest BCUT2D eigenvalue weighted by Crippen LogP contribution is -2.50. The molecule has 110 valence electrons. The number of hydrogen-bond donors (Lipinski definition) is 0. The summed E-state index contributed by atoms with van der Waals surface area (Å²) in [7, 11) is -0.986. The van der Waals surface area contributed by atoms with Gasteiger partial charge in [-0.2, -0.15) is 0 Å². The second-order valence-corrected chi connectivity index (χ2v) is 11.2. The van der Waals surface area contributed by atoms with Crippen LogP contribution >= 0.6 is 0 Å². The molecule has 5 heteroatoms. The molecule has 0 bridgehead atoms. The van der Waals surface area contributed by atoms with Gasteiger partial charge in [-0.1, -0.05) is 27.7 Å². The van der Waals surface area contributed by atoms with Crippen LogP contribution < -0.4 is 0 Å². The van der Waals surface area contributed by atoms with E-state index in [1.165, 1.54) is 7.11 Å². The van der Waals surface area contributed by atoms with Crippen LogP contribution in [0.2, 0.25) is 16.6 Å². The highest BCUT2D eigenvalue weighted by atomic mass is 28.4. The zero-order valence-electron chi connectivity index (χ0n) is 13.1. The summed E-state index contributed by atoms with van der Waals surface area (Å²) in [6.07, 6.45) is 0.456. The molecule has 0 aromatic carbocycles. The van der Waals surface area contributed by atoms with E-state index in [1.807, 2.05) is 6.92 Å². The molecule has 0 spiro atoms. The Kier molecular flexibility index (Phi) is 4.62. The summed E-state index contributed by atoms with van der Waals surface area (Å²) in [5.74, 6) is -0.226. The first-order valence-corrected chi connectivity index (χ1v) is 9.05. The molecule has 0 radical (unpaired) electrons. The Morgan fingerprint density at radius 1 is 1.26 bits per heavy atom. The van der Waals surface area contributed by atoms with Crippen molar-refractivity contribution in [3.05, 3.63) is 0 Å². The van der Waals surface area contributed by atoms with E-state index in [4.69, 9.17) is 9.16 Å². The highest BCUT2D eigenvalue weighted by molar-refractivity contribution is 6.81. The van der Waals surface area contributed by atoms with Crippen molar-refractivity contribution >= 4 is 20.1 Å². The van der Waals surface area contributed by atoms with Crippen LogP contribution in [-0.2, 0) is 18.8 Å². The van der Waals surface area contributed by atoms with Gasteiger partial charge in [0, 0.05) is 0 Å². The molecule has 0 aromatic rings. The third-order valence-electron chi connectivity index (χ3n) is 4.58. The molecule has 1 heterocycles. The first kappa shape index (κ1) is 16.4. The Balaban J connectivity index is 3.32. The van der Waals surface area contributed by atoms with Crippen molar-refractivity contribution in [2.45, 2.75) is 70.2 Å². The Bertz CT molecular complexity index is 370. The number of esters is 1. The molecule has 0 aromatic heterocycles. The van der Waals surface area contributed by atoms with Gasteiger partial charge in [-0.3, -0.25) is 9.59 Å². The minimum absolute atomic E-state index is 0.00271. The monoisotopic (exact) mass is 286 g/mol. The molecule has 1 fully saturated rings. The Hall–Kier alpha value is -0.683. The van der Waals surface area contributed by atoms with Crippen LogP contribution in [0.4, 0.5) is 0 Å². The standard InChI is InChI=1S/C14H26O4Si/c1-9(2)19(10(3)4)12(13(16)17-7)8-14(6,18-19)11(5)15/h9-10,12H,8H2,1-7H3. The number of Topliss-reactive ketones (excluding diaryl/α,β-unsaturated/α-hetero) is 1. The van der Waals surface area contributed by atoms with Gasteiger partial charge in [-0.05, 0) is 31.4 Å². The van der Waals surface area contributed by atoms with Crippen LogP contribution in [0.1, 0.15) is 48.0 Å². The molecule has 2 unspecified atom stereocenters. The van der Waals surface area contributed by atoms with E-state index in [0.717, 1.165) is 0 Å². The van der Waals surface area contributed by atoms with Gasteiger partial charge in [0.25, 0.3) is 0 Å². The van der Waals surface area contributed by atoms with Gasteiger partial charge in [0.05, 0.1) is 12.7 Å². The van der Waals surface area contributed by atoms with Gasteiger partial charge in [-0.15, -0.1) is 0 Å². The minimum Gasteiger partial charge on any atom is -0.469 e. The van der Waals surface area contributed by atoms with E-state index in [2.05, 4.69) is 27.7 Å². The van der Waals surface area contributed by atoms with E-state index in [-0.39, 0.29) is 28.4 Å². The summed E-state index contributed by atoms with van der Waals surface area (Å²) in [6, 6.07) is 0. The van der Waals surface area contributed by atoms with Crippen molar-refractivity contribution in [1.82, 2.24) is 0 Å². The first-order chi connectivity index (χ1) is 8.61. The van der Waals surface area contributed by atoms with Crippen LogP contribution in [0, 0.1) is 0 Å². The lowest BCUT2D eigenvalue weighted by molar-refractivity contribution is -0.141. The summed E-state index contributed by atoms with van der Waals surface area (Å²) < 4.78 is 11.3. The second-order valence-electron chi connectivity index (χ2n) is 6.33. The number of methoxy groups -OCH3 is 1. The molecule has 0 aliphatic carbocycles. The predicted octanol–water partition coefficient (Wildman–Crippen LogP) is 3.06. The molecule has 0 saturated carbocycles. The molecule has 1 aliphatic heterocycles. The van der Waals surface area contributed by atoms with Crippen molar-refractivity contribution < 1.29 is 18.8 Å². The SMILES string of the molecule is COC(=O)C1CC(C)(C(C)=O)O[Si]1(C(C)C)C(C)C. The number of hydrogen-bond acceptors (Lipinski definition) is 4. The van der Waals surface area contributed by atoms with Crippen LogP contribution in [0.15, 0.2) is 0 Å². The summed E-state index contributed by atoms with van der Waals surface area (Å²) in [5, 5.41) is 0. The van der Waals surface area contributed by atoms with E-state index < -0.39 is 13.9 Å². The fraction of sp³-hybridized carbons (Fsp3) is 0.857. The number of ketones is 1. The van der Waals surface area contributed by atoms with Crippen LogP contribution in [-0.4, -0.2) is 32.8 Å². The van der Waals surface area contributed by atoms with Crippen LogP contribution in [0.3, 0.4) is 0 Å². The average molecular weight is 286 g/mol. The molecule has 2 atom stereocenters. The van der Waals surface area contributed by atoms with Crippen molar-refractivity contribution in [3.8, 4) is 0 Å². The summed E-state index contributed by atoms with van der Waals surface area (Å²) in [5.41, 5.74) is -0.568. The maximum Gasteiger partial charge on any atom is 0.308 e. The van der Waals surface area contributed by atoms with E-state index in [9.17, 15) is 9.59 Å². The van der Waals surface area contributed by atoms with Crippen molar-refractivity contribution in [1.29, 1.82) is 0 Å². The molecule has 1 aliphatic rings. The maximum atomic E-state index is 12.2. The second kappa shape index (κ2) is 5.36. The van der Waals surface area contributed by atoms with E-state index >= 15 is 0 Å². The number of carbonyl (C=O) groups excluding carboxylic acids is 2. The first-order valence-electron chi connectivity index (χ1n) is 6.90. The number of carbonyl (C=O) groups is 2. The Morgan fingerprint density at radius 3 is 2.05 bits per heavy atom. The zero-order valence-corrected chi connectivity index (χ0v) is 14.1. The third kappa shape index (κ3) is 2.50. The van der Waals surface area contributed by atoms with Gasteiger partial charge in [0.1, 0.15) is 5.60 Å². The van der Waals surface area contributed by atoms with Gasteiger partial charge in [0.2, 0.25) is 8.32 Å². The van der Waals surface area contributed by atoms with Crippen molar-refractivity contribution in [3.63, 3.8) is 0 Å². The predicted molar refractivity (Wildman–Crippen MR) is 76.5 cm³/mol. The van der Waals surface area contributed by atoms with Crippen molar-refractivity contribution in [2.75, 3.05) is 7.11 Å². The Morgan fingerprint density at radius 2 is 1.74 bits per heavy atom. The van der Waals surface area contributed by atoms with Crippen LogP contribution in [0.5, 0.6) is 0 Å². The lowest BCUT2D eigenvalue weighted by Gasteiger charge is -2.39. The van der Waals surface area contributed by atoms with Crippen LogP contribution in [0.25, 0.3) is 0 Å². The normalized spacial score (nSPS) is 29.8. The smallest absolute Gasteiger partial charge is 0.308 e. The topological polar surface area (TPSA) is 52.6 Å². The summed E-state index contributed by atoms with van der Waals surface area (Å²) >= 11 is 0. The lowest BCUT2D eigenvalue weighted by atomic mass is 9.96. The fourth-order valence-corrected chi connectivity index (χ4v) is 9.14. The summed E-state index contributed by atoms with van der Waals surface area (Å²) in [4.78, 5) is 24.1. The molecule has 1 rings (SSSR count). The molecule has 1 saturated heterocycles. The van der Waals surface area contributed by atoms with E-state index in [1.54, 1.807) is 6.92 Å². The average Bonchev–Trinajstić information content (AvgIpc) is 2.65. The number of ether oxygens (including phenoxy) is 1. The van der Waals surface area contributed by atoms with Crippen molar-refractivity contribution in [2.24, 2.45) is 0 Å². The molecule has 19 heavy (non-hydrogen) atoms. The molecule has 0 amide bonds. The zero-order chi connectivity index (χ0) is 15.0. The quantitative estimate of drug-likeness (QED) is 0.589. The van der Waals surface area contributed by atoms with Gasteiger partial charge < -0.3 is 9.16 Å². The molecular weight excluding hydrogens is 260 g/mol.